The van der Waals surface area contributed by atoms with Crippen LogP contribution in [0.2, 0.25) is 0 Å². The minimum absolute atomic E-state index is 0.176. The number of esters is 1. The van der Waals surface area contributed by atoms with Crippen LogP contribution in [-0.4, -0.2) is 57.8 Å². The van der Waals surface area contributed by atoms with Crippen LogP contribution in [0.4, 0.5) is 4.79 Å². The molecule has 0 N–H and O–H groups in total. The zero-order chi connectivity index (χ0) is 26.0. The van der Waals surface area contributed by atoms with Crippen molar-refractivity contribution in [1.82, 2.24) is 19.9 Å². The van der Waals surface area contributed by atoms with Crippen molar-refractivity contribution in [2.24, 2.45) is 7.05 Å². The summed E-state index contributed by atoms with van der Waals surface area (Å²) in [6, 6.07) is 9.97. The summed E-state index contributed by atoms with van der Waals surface area (Å²) in [5.74, 6) is 0.0987. The van der Waals surface area contributed by atoms with Gasteiger partial charge in [-0.05, 0) is 68.5 Å². The molecule has 1 aliphatic heterocycles. The van der Waals surface area contributed by atoms with Gasteiger partial charge >= 0.3 is 12.1 Å². The number of hydrogen-bond donors (Lipinski definition) is 0. The zero-order valence-electron chi connectivity index (χ0n) is 21.8. The number of aryl methyl sites for hydroxylation is 1. The summed E-state index contributed by atoms with van der Waals surface area (Å²) >= 11 is 0. The second-order valence-electron chi connectivity index (χ2n) is 10.0. The monoisotopic (exact) mass is 494 g/mol. The molecule has 0 aliphatic carbocycles. The summed E-state index contributed by atoms with van der Waals surface area (Å²) in [6.45, 7) is 8.70. The van der Waals surface area contributed by atoms with E-state index in [0.717, 1.165) is 27.8 Å². The number of hydrogen-bond acceptors (Lipinski definition) is 7. The van der Waals surface area contributed by atoms with Crippen molar-refractivity contribution < 1.29 is 23.8 Å². The Morgan fingerprint density at radius 2 is 1.97 bits per heavy atom. The van der Waals surface area contributed by atoms with Crippen molar-refractivity contribution in [2.45, 2.75) is 58.6 Å². The number of carbonyl (C=O) groups excluding carboxylic acids is 2. The maximum atomic E-state index is 12.7. The molecule has 4 rings (SSSR count). The van der Waals surface area contributed by atoms with Crippen molar-refractivity contribution in [3.8, 4) is 5.75 Å². The van der Waals surface area contributed by atoms with E-state index in [4.69, 9.17) is 14.2 Å². The van der Waals surface area contributed by atoms with E-state index in [9.17, 15) is 9.59 Å². The number of ether oxygens (including phenoxy) is 3. The van der Waals surface area contributed by atoms with Gasteiger partial charge in [0, 0.05) is 26.1 Å². The predicted octanol–water partition coefficient (Wildman–Crippen LogP) is 4.36. The summed E-state index contributed by atoms with van der Waals surface area (Å²) in [4.78, 5) is 27.1. The van der Waals surface area contributed by atoms with Crippen LogP contribution >= 0.6 is 0 Å². The Kier molecular flexibility index (Phi) is 7.19. The summed E-state index contributed by atoms with van der Waals surface area (Å²) in [6.07, 6.45) is 0.517. The van der Waals surface area contributed by atoms with E-state index in [1.165, 1.54) is 0 Å². The van der Waals surface area contributed by atoms with Crippen LogP contribution in [0, 0.1) is 0 Å². The summed E-state index contributed by atoms with van der Waals surface area (Å²) in [5, 5.41) is 8.42. The van der Waals surface area contributed by atoms with Crippen LogP contribution in [0.3, 0.4) is 0 Å². The number of nitrogens with zero attached hydrogens (tertiary/aromatic N) is 4. The van der Waals surface area contributed by atoms with E-state index in [1.807, 2.05) is 52.1 Å². The Morgan fingerprint density at radius 3 is 2.67 bits per heavy atom. The molecule has 0 saturated heterocycles. The van der Waals surface area contributed by atoms with Gasteiger partial charge in [0.1, 0.15) is 22.4 Å². The Hall–Kier alpha value is -3.62. The lowest BCUT2D eigenvalue weighted by Gasteiger charge is -2.33. The minimum atomic E-state index is -0.554. The lowest BCUT2D eigenvalue weighted by atomic mass is 9.82. The first-order chi connectivity index (χ1) is 17.1. The first-order valence-corrected chi connectivity index (χ1v) is 12.2. The van der Waals surface area contributed by atoms with E-state index in [-0.39, 0.29) is 24.4 Å². The topological polar surface area (TPSA) is 95.8 Å². The highest BCUT2D eigenvalue weighted by Crippen LogP contribution is 2.38. The van der Waals surface area contributed by atoms with Gasteiger partial charge in [0.05, 0.1) is 20.1 Å². The molecular weight excluding hydrogens is 460 g/mol. The molecule has 0 fully saturated rings. The van der Waals surface area contributed by atoms with Gasteiger partial charge in [-0.15, -0.1) is 5.10 Å². The number of methoxy groups -OCH3 is 1. The number of carbonyl (C=O) groups is 2. The molecule has 1 aliphatic rings. The van der Waals surface area contributed by atoms with Crippen molar-refractivity contribution in [2.75, 3.05) is 20.3 Å². The fourth-order valence-corrected chi connectivity index (χ4v) is 4.77. The Balaban J connectivity index is 1.75. The van der Waals surface area contributed by atoms with Gasteiger partial charge < -0.3 is 19.1 Å². The average Bonchev–Trinajstić information content (AvgIpc) is 3.21. The van der Waals surface area contributed by atoms with Gasteiger partial charge in [0.2, 0.25) is 0 Å². The number of rotatable bonds is 6. The number of fused-ring (bicyclic) bond motifs is 2. The molecule has 1 atom stereocenters. The molecule has 0 saturated carbocycles. The van der Waals surface area contributed by atoms with Crippen molar-refractivity contribution in [1.29, 1.82) is 0 Å². The van der Waals surface area contributed by atoms with Gasteiger partial charge in [-0.3, -0.25) is 4.79 Å². The maximum absolute atomic E-state index is 12.7. The third-order valence-corrected chi connectivity index (χ3v) is 6.32. The Morgan fingerprint density at radius 1 is 1.19 bits per heavy atom. The van der Waals surface area contributed by atoms with E-state index >= 15 is 0 Å². The molecule has 1 aromatic heterocycles. The molecule has 0 spiro atoms. The van der Waals surface area contributed by atoms with Gasteiger partial charge in [-0.2, -0.15) is 0 Å². The highest BCUT2D eigenvalue weighted by atomic mass is 16.6. The van der Waals surface area contributed by atoms with Gasteiger partial charge in [-0.25, -0.2) is 9.48 Å². The summed E-state index contributed by atoms with van der Waals surface area (Å²) < 4.78 is 18.3. The molecule has 1 unspecified atom stereocenters. The SMILES string of the molecule is CCOC(=O)CC(c1cc(OC)c2c(c1)nnn2C)c1cccc2c1CCN(C(=O)OC(C)(C)C)C2. The molecule has 192 valence electrons. The van der Waals surface area contributed by atoms with Crippen LogP contribution in [0.5, 0.6) is 5.75 Å². The standard InChI is InChI=1S/C27H34N4O5/c1-7-35-24(32)15-21(18-13-22-25(23(14-18)34-6)30(5)29-28-22)20-10-8-9-17-16-31(12-11-19(17)20)26(33)36-27(2,3)4/h8-10,13-14,21H,7,11-12,15-16H2,1-6H3. The smallest absolute Gasteiger partial charge is 0.410 e. The lowest BCUT2D eigenvalue weighted by Crippen LogP contribution is -2.40. The van der Waals surface area contributed by atoms with E-state index in [1.54, 1.807) is 23.6 Å². The average molecular weight is 495 g/mol. The van der Waals surface area contributed by atoms with Crippen LogP contribution in [0.25, 0.3) is 11.0 Å². The molecule has 1 amide bonds. The predicted molar refractivity (Wildman–Crippen MR) is 135 cm³/mol. The summed E-state index contributed by atoms with van der Waals surface area (Å²) in [7, 11) is 3.43. The largest absolute Gasteiger partial charge is 0.494 e. The molecular formula is C27H34N4O5. The third-order valence-electron chi connectivity index (χ3n) is 6.32. The van der Waals surface area contributed by atoms with Crippen LogP contribution in [0.15, 0.2) is 30.3 Å². The van der Waals surface area contributed by atoms with E-state index in [0.29, 0.717) is 37.4 Å². The first kappa shape index (κ1) is 25.5. The Labute approximate surface area is 211 Å². The normalized spacial score (nSPS) is 14.3. The van der Waals surface area contributed by atoms with Crippen molar-refractivity contribution in [3.05, 3.63) is 52.6 Å². The fraction of sp³-hybridized carbons (Fsp3) is 0.481. The van der Waals surface area contributed by atoms with Gasteiger partial charge in [0.25, 0.3) is 0 Å². The highest BCUT2D eigenvalue weighted by molar-refractivity contribution is 5.83. The lowest BCUT2D eigenvalue weighted by molar-refractivity contribution is -0.143. The van der Waals surface area contributed by atoms with Crippen molar-refractivity contribution in [3.63, 3.8) is 0 Å². The van der Waals surface area contributed by atoms with Crippen LogP contribution in [-0.2, 0) is 34.3 Å². The quantitative estimate of drug-likeness (QED) is 0.470. The van der Waals surface area contributed by atoms with Crippen LogP contribution in [0.1, 0.15) is 62.3 Å². The van der Waals surface area contributed by atoms with Crippen molar-refractivity contribution >= 4 is 23.1 Å². The van der Waals surface area contributed by atoms with Crippen LogP contribution < -0.4 is 4.74 Å². The maximum Gasteiger partial charge on any atom is 0.410 e. The zero-order valence-corrected chi connectivity index (χ0v) is 21.8. The number of aromatic nitrogens is 3. The Bertz CT molecular complexity index is 1280. The first-order valence-electron chi connectivity index (χ1n) is 12.2. The molecule has 0 radical (unpaired) electrons. The number of benzene rings is 2. The molecule has 36 heavy (non-hydrogen) atoms. The molecule has 2 aromatic carbocycles. The minimum Gasteiger partial charge on any atom is -0.494 e. The second-order valence-corrected chi connectivity index (χ2v) is 10.0. The molecule has 9 heteroatoms. The molecule has 3 aromatic rings. The molecule has 0 bridgehead atoms. The van der Waals surface area contributed by atoms with E-state index in [2.05, 4.69) is 16.4 Å². The summed E-state index contributed by atoms with van der Waals surface area (Å²) in [5.41, 5.74) is 5.06. The molecule has 9 nitrogen and oxygen atoms in total. The third kappa shape index (κ3) is 5.29. The van der Waals surface area contributed by atoms with Gasteiger partial charge in [-0.1, -0.05) is 23.4 Å². The highest BCUT2D eigenvalue weighted by Gasteiger charge is 2.30. The van der Waals surface area contributed by atoms with Gasteiger partial charge in [0.15, 0.2) is 0 Å². The molecule has 2 heterocycles. The van der Waals surface area contributed by atoms with E-state index < -0.39 is 5.60 Å². The second kappa shape index (κ2) is 10.2. The number of amides is 1. The fourth-order valence-electron chi connectivity index (χ4n) is 4.77.